The highest BCUT2D eigenvalue weighted by Crippen LogP contribution is 2.32. The summed E-state index contributed by atoms with van der Waals surface area (Å²) in [6.45, 7) is 0.186. The van der Waals surface area contributed by atoms with Crippen LogP contribution in [0.3, 0.4) is 0 Å². The normalized spacial score (nSPS) is 13.3. The van der Waals surface area contributed by atoms with E-state index in [1.807, 2.05) is 30.3 Å². The molecular weight excluding hydrogens is 224 g/mol. The van der Waals surface area contributed by atoms with Gasteiger partial charge in [-0.05, 0) is 35.4 Å². The zero-order chi connectivity index (χ0) is 13.9. The smallest absolute Gasteiger partial charge is 0.231 e. The van der Waals surface area contributed by atoms with Crippen LogP contribution in [0, 0.1) is 0 Å². The van der Waals surface area contributed by atoms with Crippen LogP contribution in [-0.2, 0) is 0 Å². The van der Waals surface area contributed by atoms with Crippen LogP contribution in [0.15, 0.2) is 54.2 Å². The molecule has 2 nitrogen and oxygen atoms in total. The third kappa shape index (κ3) is 2.29. The Labute approximate surface area is 109 Å². The Morgan fingerprint density at radius 1 is 1.11 bits per heavy atom. The van der Waals surface area contributed by atoms with E-state index in [1.165, 1.54) is 0 Å². The first-order valence-corrected chi connectivity index (χ1v) is 5.63. The summed E-state index contributed by atoms with van der Waals surface area (Å²) in [6, 6.07) is 13.3. The van der Waals surface area contributed by atoms with E-state index < -0.39 is 0 Å². The van der Waals surface area contributed by atoms with Gasteiger partial charge in [0.1, 0.15) is 0 Å². The largest absolute Gasteiger partial charge is 0.454 e. The number of hydrogen-bond donors (Lipinski definition) is 0. The molecule has 2 heteroatoms. The van der Waals surface area contributed by atoms with Gasteiger partial charge in [0.2, 0.25) is 6.79 Å². The summed E-state index contributed by atoms with van der Waals surface area (Å²) in [6.07, 6.45) is 1.62. The van der Waals surface area contributed by atoms with Crippen LogP contribution in [0.4, 0.5) is 0 Å². The van der Waals surface area contributed by atoms with Gasteiger partial charge in [-0.25, -0.2) is 0 Å². The minimum atomic E-state index is 0.186. The SMILES string of the molecule is [2H]C(=C=Cc1cc2c(cc1[2H])OCO2)c1ccccc1. The Morgan fingerprint density at radius 2 is 1.94 bits per heavy atom. The second-order valence-corrected chi connectivity index (χ2v) is 3.80. The molecule has 2 aromatic carbocycles. The van der Waals surface area contributed by atoms with Crippen molar-refractivity contribution in [3.05, 3.63) is 65.4 Å². The van der Waals surface area contributed by atoms with Crippen molar-refractivity contribution in [3.63, 3.8) is 0 Å². The highest BCUT2D eigenvalue weighted by molar-refractivity contribution is 5.60. The molecule has 18 heavy (non-hydrogen) atoms. The van der Waals surface area contributed by atoms with E-state index in [2.05, 4.69) is 5.73 Å². The van der Waals surface area contributed by atoms with Gasteiger partial charge < -0.3 is 9.47 Å². The zero-order valence-corrected chi connectivity index (χ0v) is 9.64. The van der Waals surface area contributed by atoms with Crippen LogP contribution in [0.2, 0.25) is 0 Å². The van der Waals surface area contributed by atoms with E-state index in [0.29, 0.717) is 23.1 Å². The van der Waals surface area contributed by atoms with Crippen LogP contribution in [-0.4, -0.2) is 6.79 Å². The second kappa shape index (κ2) is 4.82. The van der Waals surface area contributed by atoms with Gasteiger partial charge in [0.05, 0.1) is 2.74 Å². The predicted octanol–water partition coefficient (Wildman–Crippen LogP) is 3.74. The van der Waals surface area contributed by atoms with Crippen LogP contribution >= 0.6 is 0 Å². The van der Waals surface area contributed by atoms with Crippen molar-refractivity contribution >= 4 is 12.1 Å². The first-order valence-electron chi connectivity index (χ1n) is 6.63. The molecule has 0 bridgehead atoms. The Hall–Kier alpha value is -2.44. The summed E-state index contributed by atoms with van der Waals surface area (Å²) in [5.74, 6) is 1.21. The molecule has 0 aliphatic carbocycles. The molecule has 0 spiro atoms. The van der Waals surface area contributed by atoms with Crippen molar-refractivity contribution in [2.75, 3.05) is 6.79 Å². The number of rotatable bonds is 2. The molecule has 0 unspecified atom stereocenters. The summed E-state index contributed by atoms with van der Waals surface area (Å²) in [5, 5.41) is 0. The Bertz CT molecular complexity index is 702. The zero-order valence-electron chi connectivity index (χ0n) is 11.6. The molecule has 0 N–H and O–H groups in total. The highest BCUT2D eigenvalue weighted by atomic mass is 16.7. The molecule has 88 valence electrons. The van der Waals surface area contributed by atoms with Crippen molar-refractivity contribution in [2.45, 2.75) is 0 Å². The molecule has 0 fully saturated rings. The van der Waals surface area contributed by atoms with Crippen molar-refractivity contribution in [2.24, 2.45) is 0 Å². The van der Waals surface area contributed by atoms with Gasteiger partial charge in [-0.1, -0.05) is 36.4 Å². The van der Waals surface area contributed by atoms with E-state index in [1.54, 1.807) is 18.2 Å². The summed E-state index contributed by atoms with van der Waals surface area (Å²) < 4.78 is 26.3. The molecule has 1 aliphatic heterocycles. The van der Waals surface area contributed by atoms with Gasteiger partial charge in [0, 0.05) is 0 Å². The van der Waals surface area contributed by atoms with Crippen molar-refractivity contribution < 1.29 is 12.2 Å². The summed E-state index contributed by atoms with van der Waals surface area (Å²) in [7, 11) is 0. The van der Waals surface area contributed by atoms with Gasteiger partial charge in [0.25, 0.3) is 0 Å². The van der Waals surface area contributed by atoms with Crippen LogP contribution in [0.5, 0.6) is 11.5 Å². The number of ether oxygens (including phenoxy) is 2. The molecule has 1 aliphatic rings. The fourth-order valence-corrected chi connectivity index (χ4v) is 1.66. The van der Waals surface area contributed by atoms with Crippen LogP contribution in [0.1, 0.15) is 13.9 Å². The fourth-order valence-electron chi connectivity index (χ4n) is 1.66. The molecule has 0 saturated heterocycles. The van der Waals surface area contributed by atoms with Gasteiger partial charge in [0.15, 0.2) is 11.5 Å². The minimum absolute atomic E-state index is 0.186. The minimum Gasteiger partial charge on any atom is -0.454 e. The first-order chi connectivity index (χ1) is 9.74. The van der Waals surface area contributed by atoms with Crippen molar-refractivity contribution in [1.82, 2.24) is 0 Å². The lowest BCUT2D eigenvalue weighted by molar-refractivity contribution is 0.174. The maximum Gasteiger partial charge on any atom is 0.231 e. The predicted molar refractivity (Wildman–Crippen MR) is 71.4 cm³/mol. The van der Waals surface area contributed by atoms with Gasteiger partial charge in [-0.15, -0.1) is 5.73 Å². The molecule has 0 amide bonds. The topological polar surface area (TPSA) is 18.5 Å². The lowest BCUT2D eigenvalue weighted by Gasteiger charge is -1.96. The average molecular weight is 238 g/mol. The van der Waals surface area contributed by atoms with Gasteiger partial charge in [-0.3, -0.25) is 0 Å². The summed E-state index contributed by atoms with van der Waals surface area (Å²) in [5.41, 5.74) is 4.33. The van der Waals surface area contributed by atoms with Gasteiger partial charge >= 0.3 is 0 Å². The standard InChI is InChI=1S/C16H12O2/c1-2-5-13(6-3-1)7-4-8-14-9-10-15-16(11-14)18-12-17-15/h1-3,5-11H,12H2/i7D,9D. The van der Waals surface area contributed by atoms with E-state index in [9.17, 15) is 0 Å². The molecule has 0 atom stereocenters. The maximum absolute atomic E-state index is 7.94. The molecule has 0 saturated carbocycles. The van der Waals surface area contributed by atoms with E-state index in [0.717, 1.165) is 5.56 Å². The van der Waals surface area contributed by atoms with E-state index in [4.69, 9.17) is 12.2 Å². The first kappa shape index (κ1) is 8.62. The lowest BCUT2D eigenvalue weighted by atomic mass is 10.2. The second-order valence-electron chi connectivity index (χ2n) is 3.80. The third-order valence-electron chi connectivity index (χ3n) is 2.55. The number of benzene rings is 2. The monoisotopic (exact) mass is 238 g/mol. The number of hydrogen-bond acceptors (Lipinski definition) is 2. The molecular formula is C16H12O2. The molecule has 3 rings (SSSR count). The van der Waals surface area contributed by atoms with Crippen molar-refractivity contribution in [3.8, 4) is 11.5 Å². The molecule has 1 heterocycles. The molecule has 0 aromatic heterocycles. The van der Waals surface area contributed by atoms with Crippen LogP contribution in [0.25, 0.3) is 12.1 Å². The third-order valence-corrected chi connectivity index (χ3v) is 2.55. The van der Waals surface area contributed by atoms with Gasteiger partial charge in [-0.2, -0.15) is 0 Å². The van der Waals surface area contributed by atoms with Crippen molar-refractivity contribution in [1.29, 1.82) is 0 Å². The Morgan fingerprint density at radius 3 is 2.83 bits per heavy atom. The van der Waals surface area contributed by atoms with Crippen LogP contribution < -0.4 is 9.47 Å². The average Bonchev–Trinajstić information content (AvgIpc) is 2.92. The van der Waals surface area contributed by atoms with E-state index in [-0.39, 0.29) is 12.8 Å². The fraction of sp³-hybridized carbons (Fsp3) is 0.0625. The molecule has 2 aromatic rings. The summed E-state index contributed by atoms with van der Waals surface area (Å²) >= 11 is 0. The molecule has 0 radical (unpaired) electrons. The lowest BCUT2D eigenvalue weighted by Crippen LogP contribution is -1.92. The number of fused-ring (bicyclic) bond motifs is 1. The van der Waals surface area contributed by atoms with E-state index >= 15 is 0 Å². The highest BCUT2D eigenvalue weighted by Gasteiger charge is 2.11. The quantitative estimate of drug-likeness (QED) is 0.742. The Kier molecular flexibility index (Phi) is 2.31. The maximum atomic E-state index is 7.94. The summed E-state index contributed by atoms with van der Waals surface area (Å²) in [4.78, 5) is 0. The Balaban J connectivity index is 1.97.